The van der Waals surface area contributed by atoms with Crippen molar-refractivity contribution in [3.8, 4) is 10.6 Å². The van der Waals surface area contributed by atoms with Gasteiger partial charge in [-0.2, -0.15) is 11.3 Å². The minimum absolute atomic E-state index is 0.0905. The number of piperidine rings is 1. The Bertz CT molecular complexity index is 1000. The minimum Gasteiger partial charge on any atom is -0.337 e. The Kier molecular flexibility index (Phi) is 5.42. The first-order valence-electron chi connectivity index (χ1n) is 8.36. The van der Waals surface area contributed by atoms with Gasteiger partial charge in [-0.1, -0.05) is 6.07 Å². The Morgan fingerprint density at radius 1 is 1.15 bits per heavy atom. The number of hydrogen-bond acceptors (Lipinski definition) is 7. The third-order valence-corrected chi connectivity index (χ3v) is 8.85. The normalized spacial score (nSPS) is 15.9. The first-order chi connectivity index (χ1) is 13.0. The highest BCUT2D eigenvalue weighted by atomic mass is 32.2. The van der Waals surface area contributed by atoms with Crippen molar-refractivity contribution < 1.29 is 13.2 Å². The molecule has 3 aromatic heterocycles. The van der Waals surface area contributed by atoms with Crippen molar-refractivity contribution in [2.45, 2.75) is 23.1 Å². The van der Waals surface area contributed by atoms with Crippen LogP contribution in [0.15, 0.2) is 43.9 Å². The van der Waals surface area contributed by atoms with Gasteiger partial charge in [-0.15, -0.1) is 22.7 Å². The molecule has 1 aliphatic heterocycles. The number of rotatable bonds is 5. The number of sulfonamides is 1. The summed E-state index contributed by atoms with van der Waals surface area (Å²) in [6.07, 6.45) is 1.19. The van der Waals surface area contributed by atoms with Crippen molar-refractivity contribution in [2.24, 2.45) is 0 Å². The molecule has 0 unspecified atom stereocenters. The van der Waals surface area contributed by atoms with E-state index >= 15 is 0 Å². The molecule has 0 aromatic carbocycles. The largest absolute Gasteiger partial charge is 0.337 e. The summed E-state index contributed by atoms with van der Waals surface area (Å²) in [5.74, 6) is -0.0905. The molecule has 0 aliphatic carbocycles. The van der Waals surface area contributed by atoms with Gasteiger partial charge < -0.3 is 4.90 Å². The molecule has 1 N–H and O–H groups in total. The number of thiazole rings is 1. The van der Waals surface area contributed by atoms with Crippen LogP contribution in [-0.4, -0.2) is 43.3 Å². The fourth-order valence-electron chi connectivity index (χ4n) is 2.95. The molecule has 4 rings (SSSR count). The second-order valence-corrected chi connectivity index (χ2v) is 10.7. The molecule has 1 amide bonds. The second-order valence-electron chi connectivity index (χ2n) is 6.17. The number of aromatic nitrogens is 1. The molecule has 0 spiro atoms. The monoisotopic (exact) mass is 439 g/mol. The van der Waals surface area contributed by atoms with Crippen molar-refractivity contribution in [3.05, 3.63) is 45.4 Å². The number of likely N-dealkylation sites (tertiary alicyclic amines) is 1. The highest BCUT2D eigenvalue weighted by Crippen LogP contribution is 2.27. The molecule has 0 atom stereocenters. The summed E-state index contributed by atoms with van der Waals surface area (Å²) in [5.41, 5.74) is 1.49. The number of nitrogens with one attached hydrogen (secondary N) is 1. The summed E-state index contributed by atoms with van der Waals surface area (Å²) in [4.78, 5) is 18.9. The maximum atomic E-state index is 12.7. The van der Waals surface area contributed by atoms with Crippen molar-refractivity contribution in [1.29, 1.82) is 0 Å². The van der Waals surface area contributed by atoms with Crippen molar-refractivity contribution in [1.82, 2.24) is 14.6 Å². The van der Waals surface area contributed by atoms with Crippen molar-refractivity contribution in [2.75, 3.05) is 13.1 Å². The van der Waals surface area contributed by atoms with Crippen molar-refractivity contribution >= 4 is 49.9 Å². The molecule has 10 heteroatoms. The fraction of sp³-hybridized carbons (Fsp3) is 0.294. The van der Waals surface area contributed by atoms with Crippen LogP contribution in [0.3, 0.4) is 0 Å². The van der Waals surface area contributed by atoms with Crippen LogP contribution in [0.4, 0.5) is 0 Å². The topological polar surface area (TPSA) is 79.4 Å². The van der Waals surface area contributed by atoms with Crippen LogP contribution in [0.25, 0.3) is 10.6 Å². The van der Waals surface area contributed by atoms with Crippen LogP contribution in [-0.2, 0) is 10.0 Å². The van der Waals surface area contributed by atoms with Gasteiger partial charge in [0, 0.05) is 35.5 Å². The summed E-state index contributed by atoms with van der Waals surface area (Å²) in [7, 11) is -3.47. The molecule has 0 radical (unpaired) electrons. The van der Waals surface area contributed by atoms with Gasteiger partial charge in [-0.25, -0.2) is 18.1 Å². The average molecular weight is 440 g/mol. The lowest BCUT2D eigenvalue weighted by molar-refractivity contribution is 0.0706. The summed E-state index contributed by atoms with van der Waals surface area (Å²) in [6, 6.07) is 5.15. The maximum absolute atomic E-state index is 12.7. The summed E-state index contributed by atoms with van der Waals surface area (Å²) in [5, 5.41) is 8.38. The number of thiophene rings is 2. The Morgan fingerprint density at radius 3 is 2.63 bits per heavy atom. The third kappa shape index (κ3) is 4.14. The SMILES string of the molecule is O=C(c1csc(-c2ccsc2)n1)N1CCC(NS(=O)(=O)c2cccs2)CC1. The first kappa shape index (κ1) is 18.8. The predicted molar refractivity (Wildman–Crippen MR) is 109 cm³/mol. The molecular weight excluding hydrogens is 422 g/mol. The molecule has 1 fully saturated rings. The van der Waals surface area contributed by atoms with E-state index in [4.69, 9.17) is 0 Å². The highest BCUT2D eigenvalue weighted by Gasteiger charge is 2.28. The molecular formula is C17H17N3O3S4. The maximum Gasteiger partial charge on any atom is 0.273 e. The van der Waals surface area contributed by atoms with E-state index in [0.717, 1.165) is 10.6 Å². The molecule has 1 saturated heterocycles. The lowest BCUT2D eigenvalue weighted by Gasteiger charge is -2.31. The van der Waals surface area contributed by atoms with E-state index in [1.807, 2.05) is 16.8 Å². The molecule has 3 aromatic rings. The van der Waals surface area contributed by atoms with Crippen molar-refractivity contribution in [3.63, 3.8) is 0 Å². The zero-order chi connectivity index (χ0) is 18.9. The number of carbonyl (C=O) groups is 1. The van der Waals surface area contributed by atoms with Gasteiger partial charge >= 0.3 is 0 Å². The lowest BCUT2D eigenvalue weighted by atomic mass is 10.1. The summed E-state index contributed by atoms with van der Waals surface area (Å²) < 4.78 is 27.7. The van der Waals surface area contributed by atoms with Gasteiger partial charge in [-0.3, -0.25) is 4.79 Å². The van der Waals surface area contributed by atoms with E-state index in [-0.39, 0.29) is 11.9 Å². The molecule has 142 valence electrons. The van der Waals surface area contributed by atoms with Gasteiger partial charge in [0.2, 0.25) is 10.0 Å². The Balaban J connectivity index is 1.36. The fourth-order valence-corrected chi connectivity index (χ4v) is 6.77. The molecule has 6 nitrogen and oxygen atoms in total. The summed E-state index contributed by atoms with van der Waals surface area (Å²) >= 11 is 4.26. The zero-order valence-electron chi connectivity index (χ0n) is 14.2. The number of carbonyl (C=O) groups excluding carboxylic acids is 1. The van der Waals surface area contributed by atoms with E-state index in [0.29, 0.717) is 35.8 Å². The Hall–Kier alpha value is -1.59. The van der Waals surface area contributed by atoms with Gasteiger partial charge in [0.15, 0.2) is 0 Å². The Morgan fingerprint density at radius 2 is 1.96 bits per heavy atom. The first-order valence-corrected chi connectivity index (χ1v) is 12.5. The van der Waals surface area contributed by atoms with Gasteiger partial charge in [-0.05, 0) is 35.7 Å². The number of amides is 1. The van der Waals surface area contributed by atoms with Crippen LogP contribution in [0, 0.1) is 0 Å². The van der Waals surface area contributed by atoms with Crippen LogP contribution < -0.4 is 4.72 Å². The van der Waals surface area contributed by atoms with E-state index in [1.54, 1.807) is 39.1 Å². The third-order valence-electron chi connectivity index (χ3n) is 4.36. The quantitative estimate of drug-likeness (QED) is 0.660. The van der Waals surface area contributed by atoms with Gasteiger partial charge in [0.05, 0.1) is 0 Å². The average Bonchev–Trinajstić information content (AvgIpc) is 3.43. The standard InChI is InChI=1S/C17H17N3O3S4/c21-17(14-11-26-16(18-14)12-5-9-24-10-12)20-6-3-13(4-7-20)19-27(22,23)15-2-1-8-25-15/h1-2,5,8-11,13,19H,3-4,6-7H2. The van der Waals surface area contributed by atoms with Crippen LogP contribution >= 0.6 is 34.0 Å². The lowest BCUT2D eigenvalue weighted by Crippen LogP contribution is -2.46. The molecule has 1 aliphatic rings. The predicted octanol–water partition coefficient (Wildman–Crippen LogP) is 3.52. The molecule has 4 heterocycles. The summed E-state index contributed by atoms with van der Waals surface area (Å²) in [6.45, 7) is 1.03. The van der Waals surface area contributed by atoms with Crippen LogP contribution in [0.5, 0.6) is 0 Å². The highest BCUT2D eigenvalue weighted by molar-refractivity contribution is 7.91. The molecule has 0 saturated carbocycles. The Labute approximate surface area is 169 Å². The van der Waals surface area contributed by atoms with E-state index in [2.05, 4.69) is 9.71 Å². The van der Waals surface area contributed by atoms with Crippen LogP contribution in [0.1, 0.15) is 23.3 Å². The van der Waals surface area contributed by atoms with Gasteiger partial charge in [0.1, 0.15) is 14.9 Å². The van der Waals surface area contributed by atoms with Crippen LogP contribution in [0.2, 0.25) is 0 Å². The van der Waals surface area contributed by atoms with Gasteiger partial charge in [0.25, 0.3) is 5.91 Å². The van der Waals surface area contributed by atoms with E-state index in [1.165, 1.54) is 22.7 Å². The smallest absolute Gasteiger partial charge is 0.273 e. The number of hydrogen-bond donors (Lipinski definition) is 1. The van der Waals surface area contributed by atoms with E-state index in [9.17, 15) is 13.2 Å². The zero-order valence-corrected chi connectivity index (χ0v) is 17.5. The minimum atomic E-state index is -3.47. The second kappa shape index (κ2) is 7.80. The number of nitrogens with zero attached hydrogens (tertiary/aromatic N) is 2. The molecule has 27 heavy (non-hydrogen) atoms. The van der Waals surface area contributed by atoms with E-state index < -0.39 is 10.0 Å². The molecule has 0 bridgehead atoms.